The van der Waals surface area contributed by atoms with E-state index in [-0.39, 0.29) is 6.10 Å². The minimum absolute atomic E-state index is 0.202. The third kappa shape index (κ3) is 6.65. The van der Waals surface area contributed by atoms with Gasteiger partial charge in [-0.05, 0) is 19.9 Å². The van der Waals surface area contributed by atoms with Crippen molar-refractivity contribution >= 4 is 5.88 Å². The molecule has 3 fully saturated rings. The molecule has 198 valence electrons. The largest absolute Gasteiger partial charge is 0.390 e. The van der Waals surface area contributed by atoms with Crippen LogP contribution in [-0.4, -0.2) is 123 Å². The summed E-state index contributed by atoms with van der Waals surface area (Å²) < 4.78 is 17.5. The van der Waals surface area contributed by atoms with Crippen LogP contribution in [0.25, 0.3) is 11.3 Å². The molecule has 3 aliphatic rings. The van der Waals surface area contributed by atoms with Crippen molar-refractivity contribution in [3.63, 3.8) is 0 Å². The van der Waals surface area contributed by atoms with Crippen molar-refractivity contribution < 1.29 is 19.1 Å². The normalized spacial score (nSPS) is 23.0. The van der Waals surface area contributed by atoms with E-state index in [1.54, 1.807) is 0 Å². The number of aromatic nitrogens is 1. The molecule has 3 aliphatic heterocycles. The van der Waals surface area contributed by atoms with Crippen LogP contribution in [0, 0.1) is 0 Å². The standard InChI is InChI=1S/C27H41N5O4/c1-29-9-11-32(12-10-29)27-25(26(28-36-27)22-6-3-2-4-7-22)21-31(20-24-8-5-15-35-24)19-23(33)18-30-13-16-34-17-14-30/h2-4,6-7,23-24,33H,5,8-21H2,1H3. The first-order chi connectivity index (χ1) is 17.7. The molecule has 0 spiro atoms. The fourth-order valence-electron chi connectivity index (χ4n) is 5.47. The Labute approximate surface area is 214 Å². The van der Waals surface area contributed by atoms with E-state index in [0.717, 1.165) is 101 Å². The van der Waals surface area contributed by atoms with Crippen molar-refractivity contribution in [1.29, 1.82) is 0 Å². The Morgan fingerprint density at radius 2 is 1.83 bits per heavy atom. The first-order valence-electron chi connectivity index (χ1n) is 13.5. The molecule has 3 saturated heterocycles. The highest BCUT2D eigenvalue weighted by molar-refractivity contribution is 5.68. The molecule has 9 nitrogen and oxygen atoms in total. The number of likely N-dealkylation sites (N-methyl/N-ethyl adjacent to an activating group) is 1. The molecule has 9 heteroatoms. The molecule has 0 amide bonds. The zero-order valence-electron chi connectivity index (χ0n) is 21.6. The van der Waals surface area contributed by atoms with Gasteiger partial charge >= 0.3 is 0 Å². The summed E-state index contributed by atoms with van der Waals surface area (Å²) in [6, 6.07) is 10.3. The Balaban J connectivity index is 1.37. The molecule has 0 bridgehead atoms. The summed E-state index contributed by atoms with van der Waals surface area (Å²) >= 11 is 0. The number of benzene rings is 1. The predicted molar refractivity (Wildman–Crippen MR) is 139 cm³/mol. The van der Waals surface area contributed by atoms with E-state index in [2.05, 4.69) is 43.9 Å². The number of aliphatic hydroxyl groups is 1. The van der Waals surface area contributed by atoms with Crippen LogP contribution in [0.15, 0.2) is 34.9 Å². The Morgan fingerprint density at radius 1 is 1.06 bits per heavy atom. The Bertz CT molecular complexity index is 922. The van der Waals surface area contributed by atoms with Crippen LogP contribution in [0.4, 0.5) is 5.88 Å². The molecule has 0 radical (unpaired) electrons. The second-order valence-electron chi connectivity index (χ2n) is 10.4. The molecule has 5 rings (SSSR count). The lowest BCUT2D eigenvalue weighted by atomic mass is 10.1. The molecule has 0 aliphatic carbocycles. The minimum Gasteiger partial charge on any atom is -0.390 e. The molecule has 4 heterocycles. The van der Waals surface area contributed by atoms with Gasteiger partial charge in [-0.3, -0.25) is 9.80 Å². The predicted octanol–water partition coefficient (Wildman–Crippen LogP) is 1.77. The summed E-state index contributed by atoms with van der Waals surface area (Å²) in [5.74, 6) is 0.863. The van der Waals surface area contributed by atoms with E-state index >= 15 is 0 Å². The van der Waals surface area contributed by atoms with E-state index < -0.39 is 6.10 Å². The Morgan fingerprint density at radius 3 is 2.56 bits per heavy atom. The van der Waals surface area contributed by atoms with Gasteiger partial charge in [0.1, 0.15) is 5.69 Å². The third-order valence-electron chi connectivity index (χ3n) is 7.51. The molecule has 36 heavy (non-hydrogen) atoms. The maximum Gasteiger partial charge on any atom is 0.232 e. The van der Waals surface area contributed by atoms with Crippen molar-refractivity contribution in [2.45, 2.75) is 31.6 Å². The van der Waals surface area contributed by atoms with Crippen molar-refractivity contribution in [1.82, 2.24) is 19.9 Å². The van der Waals surface area contributed by atoms with E-state index in [1.807, 2.05) is 18.2 Å². The van der Waals surface area contributed by atoms with Crippen LogP contribution in [0.1, 0.15) is 18.4 Å². The summed E-state index contributed by atoms with van der Waals surface area (Å²) in [4.78, 5) is 9.31. The first kappa shape index (κ1) is 25.6. The first-order valence-corrected chi connectivity index (χ1v) is 13.5. The minimum atomic E-state index is -0.448. The summed E-state index contributed by atoms with van der Waals surface area (Å²) in [6.45, 7) is 10.6. The topological polar surface area (TPSA) is 77.7 Å². The fourth-order valence-corrected chi connectivity index (χ4v) is 5.47. The van der Waals surface area contributed by atoms with Crippen LogP contribution >= 0.6 is 0 Å². The SMILES string of the molecule is CN1CCN(c2onc(-c3ccccc3)c2CN(CC(O)CN2CCOCC2)CC2CCCO2)CC1. The molecule has 1 N–H and O–H groups in total. The van der Waals surface area contributed by atoms with Crippen molar-refractivity contribution in [2.75, 3.05) is 90.7 Å². The van der Waals surface area contributed by atoms with Gasteiger partial charge in [-0.2, -0.15) is 0 Å². The smallest absolute Gasteiger partial charge is 0.232 e. The zero-order chi connectivity index (χ0) is 24.7. The summed E-state index contributed by atoms with van der Waals surface area (Å²) in [5.41, 5.74) is 3.05. The second-order valence-corrected chi connectivity index (χ2v) is 10.4. The van der Waals surface area contributed by atoms with E-state index in [4.69, 9.17) is 14.0 Å². The summed E-state index contributed by atoms with van der Waals surface area (Å²) in [6.07, 6.45) is 1.92. The van der Waals surface area contributed by atoms with Gasteiger partial charge in [0.05, 0.1) is 31.0 Å². The van der Waals surface area contributed by atoms with E-state index in [9.17, 15) is 5.11 Å². The van der Waals surface area contributed by atoms with Crippen molar-refractivity contribution in [3.05, 3.63) is 35.9 Å². The summed E-state index contributed by atoms with van der Waals surface area (Å²) in [7, 11) is 2.16. The molecule has 0 saturated carbocycles. The van der Waals surface area contributed by atoms with Crippen molar-refractivity contribution in [2.24, 2.45) is 0 Å². The van der Waals surface area contributed by atoms with Gasteiger partial charge in [0.2, 0.25) is 5.88 Å². The van der Waals surface area contributed by atoms with Crippen LogP contribution in [-0.2, 0) is 16.0 Å². The van der Waals surface area contributed by atoms with Crippen LogP contribution in [0.2, 0.25) is 0 Å². The number of ether oxygens (including phenoxy) is 2. The number of hydrogen-bond donors (Lipinski definition) is 1. The van der Waals surface area contributed by atoms with Crippen LogP contribution < -0.4 is 4.90 Å². The number of hydrogen-bond acceptors (Lipinski definition) is 9. The van der Waals surface area contributed by atoms with E-state index in [1.165, 1.54) is 0 Å². The van der Waals surface area contributed by atoms with Gasteiger partial charge in [0.25, 0.3) is 0 Å². The maximum absolute atomic E-state index is 11.1. The average molecular weight is 500 g/mol. The highest BCUT2D eigenvalue weighted by atomic mass is 16.5. The second kappa shape index (κ2) is 12.5. The molecular weight excluding hydrogens is 458 g/mol. The quantitative estimate of drug-likeness (QED) is 0.526. The zero-order valence-corrected chi connectivity index (χ0v) is 21.6. The highest BCUT2D eigenvalue weighted by Crippen LogP contribution is 2.33. The molecule has 2 unspecified atom stereocenters. The molecular formula is C27H41N5O4. The summed E-state index contributed by atoms with van der Waals surface area (Å²) in [5, 5.41) is 15.7. The lowest BCUT2D eigenvalue weighted by Gasteiger charge is -2.34. The van der Waals surface area contributed by atoms with Crippen LogP contribution in [0.3, 0.4) is 0 Å². The maximum atomic E-state index is 11.1. The Kier molecular flexibility index (Phi) is 8.89. The molecule has 1 aromatic heterocycles. The number of piperazine rings is 1. The third-order valence-corrected chi connectivity index (χ3v) is 7.51. The number of aliphatic hydroxyl groups excluding tert-OH is 1. The highest BCUT2D eigenvalue weighted by Gasteiger charge is 2.29. The number of nitrogens with zero attached hydrogens (tertiary/aromatic N) is 5. The number of morpholine rings is 1. The van der Waals surface area contributed by atoms with Gasteiger partial charge in [-0.25, -0.2) is 0 Å². The monoisotopic (exact) mass is 499 g/mol. The van der Waals surface area contributed by atoms with Gasteiger partial charge in [0, 0.05) is 77.6 Å². The lowest BCUT2D eigenvalue weighted by molar-refractivity contribution is -0.0000956. The number of rotatable bonds is 10. The van der Waals surface area contributed by atoms with E-state index in [0.29, 0.717) is 19.6 Å². The van der Waals surface area contributed by atoms with Gasteiger partial charge in [-0.15, -0.1) is 0 Å². The number of anilines is 1. The molecule has 2 aromatic rings. The van der Waals surface area contributed by atoms with Gasteiger partial charge in [-0.1, -0.05) is 35.5 Å². The fraction of sp³-hybridized carbons (Fsp3) is 0.667. The van der Waals surface area contributed by atoms with Crippen molar-refractivity contribution in [3.8, 4) is 11.3 Å². The lowest BCUT2D eigenvalue weighted by Crippen LogP contribution is -2.46. The molecule has 2 atom stereocenters. The Hall–Kier alpha value is -2.01. The molecule has 1 aromatic carbocycles. The van der Waals surface area contributed by atoms with Gasteiger partial charge in [0.15, 0.2) is 0 Å². The number of β-amino-alcohol motifs (C(OH)–C–C–N with tert-alkyl or cyclic N) is 1. The average Bonchev–Trinajstić information content (AvgIpc) is 3.56. The van der Waals surface area contributed by atoms with Crippen LogP contribution in [0.5, 0.6) is 0 Å². The van der Waals surface area contributed by atoms with Gasteiger partial charge < -0.3 is 28.9 Å².